The normalized spacial score (nSPS) is 10.0. The Kier molecular flexibility index (Phi) is 6.32. The van der Waals surface area contributed by atoms with Gasteiger partial charge in [-0.1, -0.05) is 18.2 Å². The standard InChI is InChI=1S/C19H13N5O4S/c1-12(25)23-16-5-2-13(3-6-16)14-4-7-17(19(8-14)29(26,27)28)24-18(11-22)15(9-20)10-21/h2-8,24H,1H3,(H,23,25)(H,26,27,28). The number of allylic oxidation sites excluding steroid dienone is 2. The summed E-state index contributed by atoms with van der Waals surface area (Å²) in [6, 6.07) is 15.2. The molecule has 0 unspecified atom stereocenters. The molecule has 1 amide bonds. The summed E-state index contributed by atoms with van der Waals surface area (Å²) in [6.45, 7) is 1.37. The first-order valence-corrected chi connectivity index (χ1v) is 9.34. The van der Waals surface area contributed by atoms with Gasteiger partial charge in [0.1, 0.15) is 28.8 Å². The molecule has 0 fully saturated rings. The van der Waals surface area contributed by atoms with E-state index in [0.717, 1.165) is 0 Å². The van der Waals surface area contributed by atoms with E-state index < -0.39 is 26.3 Å². The highest BCUT2D eigenvalue weighted by Gasteiger charge is 2.19. The number of nitrogens with zero attached hydrogens (tertiary/aromatic N) is 3. The van der Waals surface area contributed by atoms with E-state index in [2.05, 4.69) is 10.6 Å². The van der Waals surface area contributed by atoms with E-state index in [0.29, 0.717) is 16.8 Å². The van der Waals surface area contributed by atoms with Gasteiger partial charge in [0.2, 0.25) is 5.91 Å². The highest BCUT2D eigenvalue weighted by atomic mass is 32.2. The van der Waals surface area contributed by atoms with Gasteiger partial charge in [-0.05, 0) is 35.4 Å². The number of carbonyl (C=O) groups excluding carboxylic acids is 1. The molecule has 2 rings (SSSR count). The highest BCUT2D eigenvalue weighted by molar-refractivity contribution is 7.86. The summed E-state index contributed by atoms with van der Waals surface area (Å²) in [5, 5.41) is 31.9. The SMILES string of the molecule is CC(=O)Nc1ccc(-c2ccc(NC(C#N)=C(C#N)C#N)c(S(=O)(=O)O)c2)cc1. The van der Waals surface area contributed by atoms with Gasteiger partial charge in [0.15, 0.2) is 5.57 Å². The molecule has 0 spiro atoms. The second-order valence-electron chi connectivity index (χ2n) is 5.65. The van der Waals surface area contributed by atoms with Crippen LogP contribution in [0.3, 0.4) is 0 Å². The molecule has 0 bridgehead atoms. The minimum Gasteiger partial charge on any atom is -0.344 e. The van der Waals surface area contributed by atoms with Crippen molar-refractivity contribution in [3.8, 4) is 29.3 Å². The van der Waals surface area contributed by atoms with E-state index >= 15 is 0 Å². The number of nitriles is 3. The van der Waals surface area contributed by atoms with E-state index in [1.807, 2.05) is 0 Å². The molecule has 2 aromatic rings. The third kappa shape index (κ3) is 5.18. The second kappa shape index (κ2) is 8.68. The van der Waals surface area contributed by atoms with Crippen LogP contribution in [0.15, 0.2) is 58.6 Å². The van der Waals surface area contributed by atoms with Crippen molar-refractivity contribution in [3.63, 3.8) is 0 Å². The Hall–Kier alpha value is -4.17. The average Bonchev–Trinajstić information content (AvgIpc) is 2.67. The van der Waals surface area contributed by atoms with E-state index in [1.165, 1.54) is 37.3 Å². The minimum atomic E-state index is -4.70. The van der Waals surface area contributed by atoms with Gasteiger partial charge in [-0.15, -0.1) is 0 Å². The monoisotopic (exact) mass is 407 g/mol. The average molecular weight is 407 g/mol. The molecule has 0 aliphatic carbocycles. The molecular weight excluding hydrogens is 394 g/mol. The summed E-state index contributed by atoms with van der Waals surface area (Å²) < 4.78 is 33.2. The third-order valence-electron chi connectivity index (χ3n) is 3.64. The van der Waals surface area contributed by atoms with Crippen LogP contribution in [0.1, 0.15) is 6.92 Å². The Bertz CT molecular complexity index is 1210. The van der Waals surface area contributed by atoms with Crippen LogP contribution in [0.2, 0.25) is 0 Å². The number of hydrogen-bond acceptors (Lipinski definition) is 7. The van der Waals surface area contributed by atoms with Gasteiger partial charge in [0.05, 0.1) is 5.69 Å². The van der Waals surface area contributed by atoms with Gasteiger partial charge in [0, 0.05) is 12.6 Å². The van der Waals surface area contributed by atoms with Crippen LogP contribution in [0.4, 0.5) is 11.4 Å². The molecule has 2 aromatic carbocycles. The summed E-state index contributed by atoms with van der Waals surface area (Å²) in [7, 11) is -4.70. The molecular formula is C19H13N5O4S. The number of amides is 1. The van der Waals surface area contributed by atoms with Crippen molar-refractivity contribution in [2.45, 2.75) is 11.8 Å². The number of anilines is 2. The van der Waals surface area contributed by atoms with Crippen molar-refractivity contribution in [2.24, 2.45) is 0 Å². The summed E-state index contributed by atoms with van der Waals surface area (Å²) in [6.07, 6.45) is 0. The van der Waals surface area contributed by atoms with Crippen LogP contribution in [-0.4, -0.2) is 18.9 Å². The van der Waals surface area contributed by atoms with Crippen LogP contribution in [0, 0.1) is 34.0 Å². The maximum Gasteiger partial charge on any atom is 0.296 e. The van der Waals surface area contributed by atoms with Crippen molar-refractivity contribution in [3.05, 3.63) is 53.7 Å². The van der Waals surface area contributed by atoms with Gasteiger partial charge < -0.3 is 10.6 Å². The first kappa shape index (κ1) is 21.1. The predicted octanol–water partition coefficient (Wildman–Crippen LogP) is 2.80. The van der Waals surface area contributed by atoms with Crippen LogP contribution in [0.25, 0.3) is 11.1 Å². The van der Waals surface area contributed by atoms with E-state index in [9.17, 15) is 17.8 Å². The second-order valence-corrected chi connectivity index (χ2v) is 7.04. The maximum absolute atomic E-state index is 11.8. The van der Waals surface area contributed by atoms with E-state index in [1.54, 1.807) is 30.3 Å². The Morgan fingerprint density at radius 1 is 0.931 bits per heavy atom. The zero-order chi connectivity index (χ0) is 21.6. The molecule has 0 saturated heterocycles. The summed E-state index contributed by atoms with van der Waals surface area (Å²) in [5.74, 6) is -0.239. The molecule has 10 heteroatoms. The lowest BCUT2D eigenvalue weighted by atomic mass is 10.0. The maximum atomic E-state index is 11.8. The first-order valence-electron chi connectivity index (χ1n) is 7.90. The van der Waals surface area contributed by atoms with Crippen LogP contribution < -0.4 is 10.6 Å². The lowest BCUT2D eigenvalue weighted by molar-refractivity contribution is -0.114. The van der Waals surface area contributed by atoms with Crippen LogP contribution in [-0.2, 0) is 14.9 Å². The molecule has 0 atom stereocenters. The molecule has 144 valence electrons. The summed E-state index contributed by atoms with van der Waals surface area (Å²) in [5.41, 5.74) is 0.422. The fourth-order valence-corrected chi connectivity index (χ4v) is 3.06. The molecule has 0 aliphatic rings. The summed E-state index contributed by atoms with van der Waals surface area (Å²) in [4.78, 5) is 10.5. The molecule has 0 aromatic heterocycles. The fraction of sp³-hybridized carbons (Fsp3) is 0.0526. The molecule has 0 saturated carbocycles. The fourth-order valence-electron chi connectivity index (χ4n) is 2.39. The van der Waals surface area contributed by atoms with Crippen molar-refractivity contribution in [1.29, 1.82) is 15.8 Å². The van der Waals surface area contributed by atoms with E-state index in [4.69, 9.17) is 15.8 Å². The smallest absolute Gasteiger partial charge is 0.296 e. The number of nitrogens with one attached hydrogen (secondary N) is 2. The zero-order valence-electron chi connectivity index (χ0n) is 15.0. The predicted molar refractivity (Wildman–Crippen MR) is 103 cm³/mol. The van der Waals surface area contributed by atoms with Gasteiger partial charge in [-0.2, -0.15) is 24.2 Å². The first-order chi connectivity index (χ1) is 13.7. The molecule has 29 heavy (non-hydrogen) atoms. The van der Waals surface area contributed by atoms with Crippen molar-refractivity contribution in [1.82, 2.24) is 0 Å². The molecule has 0 radical (unpaired) electrons. The van der Waals surface area contributed by atoms with Crippen molar-refractivity contribution in [2.75, 3.05) is 10.6 Å². The molecule has 0 aliphatic heterocycles. The van der Waals surface area contributed by atoms with Gasteiger partial charge in [-0.25, -0.2) is 0 Å². The van der Waals surface area contributed by atoms with E-state index in [-0.39, 0.29) is 11.6 Å². The van der Waals surface area contributed by atoms with Gasteiger partial charge >= 0.3 is 0 Å². The molecule has 3 N–H and O–H groups in total. The highest BCUT2D eigenvalue weighted by Crippen LogP contribution is 2.30. The zero-order valence-corrected chi connectivity index (χ0v) is 15.8. The topological polar surface area (TPSA) is 167 Å². The number of rotatable bonds is 5. The Labute approximate surface area is 166 Å². The minimum absolute atomic E-state index is 0.175. The number of benzene rings is 2. The number of hydrogen-bond donors (Lipinski definition) is 3. The lowest BCUT2D eigenvalue weighted by Gasteiger charge is -2.12. The molecule has 0 heterocycles. The quantitative estimate of drug-likeness (QED) is 0.502. The Balaban J connectivity index is 2.53. The van der Waals surface area contributed by atoms with Crippen molar-refractivity contribution < 1.29 is 17.8 Å². The number of carbonyl (C=O) groups is 1. The molecule has 9 nitrogen and oxygen atoms in total. The van der Waals surface area contributed by atoms with Crippen LogP contribution in [0.5, 0.6) is 0 Å². The Morgan fingerprint density at radius 2 is 1.52 bits per heavy atom. The third-order valence-corrected chi connectivity index (χ3v) is 4.54. The van der Waals surface area contributed by atoms with Gasteiger partial charge in [-0.3, -0.25) is 9.35 Å². The Morgan fingerprint density at radius 3 is 2.00 bits per heavy atom. The van der Waals surface area contributed by atoms with Gasteiger partial charge in [0.25, 0.3) is 10.1 Å². The van der Waals surface area contributed by atoms with Crippen molar-refractivity contribution >= 4 is 27.4 Å². The summed E-state index contributed by atoms with van der Waals surface area (Å²) >= 11 is 0. The van der Waals surface area contributed by atoms with Crippen LogP contribution >= 0.6 is 0 Å². The lowest BCUT2D eigenvalue weighted by Crippen LogP contribution is -2.07. The largest absolute Gasteiger partial charge is 0.344 e.